The zero-order valence-corrected chi connectivity index (χ0v) is 10.2. The molecule has 1 fully saturated rings. The highest BCUT2D eigenvalue weighted by molar-refractivity contribution is 5.50. The second-order valence-electron chi connectivity index (χ2n) is 5.05. The average molecular weight is 222 g/mol. The molecule has 1 aromatic rings. The van der Waals surface area contributed by atoms with Crippen molar-refractivity contribution in [1.82, 2.24) is 0 Å². The molecule has 1 aromatic carbocycles. The summed E-state index contributed by atoms with van der Waals surface area (Å²) in [6.07, 6.45) is 0. The molecule has 0 amide bonds. The zero-order chi connectivity index (χ0) is 12.0. The van der Waals surface area contributed by atoms with Crippen molar-refractivity contribution in [2.75, 3.05) is 11.0 Å². The predicted octanol–water partition coefficient (Wildman–Crippen LogP) is 2.51. The molecule has 1 saturated heterocycles. The van der Waals surface area contributed by atoms with Gasteiger partial charge in [0.25, 0.3) is 0 Å². The number of hydrogen-bond acceptors (Lipinski definition) is 4. The number of hydrogen-bond donors (Lipinski definition) is 1. The molecule has 16 heavy (non-hydrogen) atoms. The van der Waals surface area contributed by atoms with Gasteiger partial charge in [-0.25, -0.2) is 9.68 Å². The molecule has 1 heterocycles. The first-order valence-electron chi connectivity index (χ1n) is 5.36. The Labute approximate surface area is 95.9 Å². The van der Waals surface area contributed by atoms with Crippen LogP contribution < -0.4 is 11.0 Å². The maximum Gasteiger partial charge on any atom is 0.124 e. The van der Waals surface area contributed by atoms with Gasteiger partial charge in [-0.2, -0.15) is 0 Å². The number of rotatable bonds is 1. The fourth-order valence-electron chi connectivity index (χ4n) is 1.35. The first kappa shape index (κ1) is 11.2. The Kier molecular flexibility index (Phi) is 2.36. The highest BCUT2D eigenvalue weighted by Gasteiger charge is 2.49. The maximum atomic E-state index is 5.76. The van der Waals surface area contributed by atoms with Crippen molar-refractivity contribution in [3.63, 3.8) is 0 Å². The van der Waals surface area contributed by atoms with Gasteiger partial charge in [-0.05, 0) is 52.0 Å². The summed E-state index contributed by atoms with van der Waals surface area (Å²) in [4.78, 5) is 11.5. The molecule has 4 nitrogen and oxygen atoms in total. The van der Waals surface area contributed by atoms with E-state index in [1.54, 1.807) is 0 Å². The number of nitrogen functional groups attached to an aromatic ring is 1. The summed E-state index contributed by atoms with van der Waals surface area (Å²) >= 11 is 0. The lowest BCUT2D eigenvalue weighted by Crippen LogP contribution is -2.41. The summed E-state index contributed by atoms with van der Waals surface area (Å²) in [5.41, 5.74) is 6.46. The van der Waals surface area contributed by atoms with Gasteiger partial charge in [0.05, 0.1) is 5.69 Å². The molecule has 88 valence electrons. The van der Waals surface area contributed by atoms with Gasteiger partial charge in [0.1, 0.15) is 11.2 Å². The van der Waals surface area contributed by atoms with Crippen LogP contribution in [0.15, 0.2) is 24.3 Å². The SMILES string of the molecule is CC1(C)ON(c2ccc(N)cc2)OC1(C)C. The molecule has 0 aromatic heterocycles. The van der Waals surface area contributed by atoms with Crippen LogP contribution in [0, 0.1) is 0 Å². The number of nitrogens with zero attached hydrogens (tertiary/aromatic N) is 1. The van der Waals surface area contributed by atoms with Gasteiger partial charge in [0.2, 0.25) is 0 Å². The van der Waals surface area contributed by atoms with Crippen molar-refractivity contribution >= 4 is 11.4 Å². The molecule has 2 rings (SSSR count). The summed E-state index contributed by atoms with van der Waals surface area (Å²) in [6.45, 7) is 8.02. The Balaban J connectivity index is 2.23. The third-order valence-electron chi connectivity index (χ3n) is 3.18. The minimum Gasteiger partial charge on any atom is -0.399 e. The monoisotopic (exact) mass is 222 g/mol. The van der Waals surface area contributed by atoms with Crippen LogP contribution in [0.2, 0.25) is 0 Å². The van der Waals surface area contributed by atoms with Gasteiger partial charge in [-0.1, -0.05) is 0 Å². The van der Waals surface area contributed by atoms with E-state index in [0.29, 0.717) is 0 Å². The molecule has 1 aliphatic heterocycles. The lowest BCUT2D eigenvalue weighted by atomic mass is 9.90. The van der Waals surface area contributed by atoms with Crippen LogP contribution in [-0.4, -0.2) is 11.2 Å². The molecule has 0 bridgehead atoms. The Morgan fingerprint density at radius 1 is 0.938 bits per heavy atom. The van der Waals surface area contributed by atoms with Crippen LogP contribution in [-0.2, 0) is 9.68 Å². The maximum absolute atomic E-state index is 5.76. The Morgan fingerprint density at radius 2 is 1.38 bits per heavy atom. The van der Waals surface area contributed by atoms with Gasteiger partial charge in [0.15, 0.2) is 0 Å². The summed E-state index contributed by atoms with van der Waals surface area (Å²) < 4.78 is 0. The van der Waals surface area contributed by atoms with Crippen molar-refractivity contribution in [1.29, 1.82) is 0 Å². The van der Waals surface area contributed by atoms with E-state index in [0.717, 1.165) is 11.4 Å². The standard InChI is InChI=1S/C12H18N2O2/c1-11(2)12(3,4)16-14(15-11)10-7-5-9(13)6-8-10/h5-8H,13H2,1-4H3. The van der Waals surface area contributed by atoms with Gasteiger partial charge < -0.3 is 5.73 Å². The first-order chi connectivity index (χ1) is 7.32. The molecule has 4 heteroatoms. The molecule has 0 radical (unpaired) electrons. The van der Waals surface area contributed by atoms with E-state index in [1.807, 2.05) is 52.0 Å². The van der Waals surface area contributed by atoms with Crippen LogP contribution in [0.3, 0.4) is 0 Å². The van der Waals surface area contributed by atoms with Gasteiger partial charge in [-0.15, -0.1) is 5.23 Å². The molecule has 1 aliphatic rings. The van der Waals surface area contributed by atoms with Crippen molar-refractivity contribution in [3.8, 4) is 0 Å². The van der Waals surface area contributed by atoms with Crippen LogP contribution in [0.25, 0.3) is 0 Å². The fraction of sp³-hybridized carbons (Fsp3) is 0.500. The first-order valence-corrected chi connectivity index (χ1v) is 5.36. The highest BCUT2D eigenvalue weighted by Crippen LogP contribution is 2.39. The normalized spacial score (nSPS) is 22.4. The minimum atomic E-state index is -0.367. The van der Waals surface area contributed by atoms with Crippen LogP contribution in [0.4, 0.5) is 11.4 Å². The second-order valence-corrected chi connectivity index (χ2v) is 5.05. The number of benzene rings is 1. The third-order valence-corrected chi connectivity index (χ3v) is 3.18. The van der Waals surface area contributed by atoms with Gasteiger partial charge in [-0.3, -0.25) is 0 Å². The van der Waals surface area contributed by atoms with E-state index >= 15 is 0 Å². The van der Waals surface area contributed by atoms with E-state index in [4.69, 9.17) is 15.4 Å². The van der Waals surface area contributed by atoms with Gasteiger partial charge in [0, 0.05) is 5.69 Å². The number of anilines is 2. The smallest absolute Gasteiger partial charge is 0.124 e. The van der Waals surface area contributed by atoms with Crippen LogP contribution in [0.1, 0.15) is 27.7 Å². The quantitative estimate of drug-likeness (QED) is 0.742. The van der Waals surface area contributed by atoms with E-state index in [1.165, 1.54) is 5.23 Å². The topological polar surface area (TPSA) is 47.7 Å². The second kappa shape index (κ2) is 3.37. The van der Waals surface area contributed by atoms with E-state index in [9.17, 15) is 0 Å². The van der Waals surface area contributed by atoms with E-state index in [-0.39, 0.29) is 11.2 Å². The molecule has 0 spiro atoms. The summed E-state index contributed by atoms with van der Waals surface area (Å²) in [5, 5.41) is 1.46. The molecule has 0 aliphatic carbocycles. The van der Waals surface area contributed by atoms with Crippen molar-refractivity contribution < 1.29 is 9.68 Å². The molecular weight excluding hydrogens is 204 g/mol. The zero-order valence-electron chi connectivity index (χ0n) is 10.2. The van der Waals surface area contributed by atoms with Crippen LogP contribution >= 0.6 is 0 Å². The highest BCUT2D eigenvalue weighted by atomic mass is 17.0. The van der Waals surface area contributed by atoms with E-state index in [2.05, 4.69) is 0 Å². The lowest BCUT2D eigenvalue weighted by molar-refractivity contribution is -0.0272. The average Bonchev–Trinajstić information content (AvgIpc) is 2.37. The van der Waals surface area contributed by atoms with Crippen molar-refractivity contribution in [2.24, 2.45) is 0 Å². The number of nitrogens with two attached hydrogens (primary N) is 1. The molecule has 2 N–H and O–H groups in total. The lowest BCUT2D eigenvalue weighted by Gasteiger charge is -2.26. The summed E-state index contributed by atoms with van der Waals surface area (Å²) in [5.74, 6) is 0. The van der Waals surface area contributed by atoms with E-state index < -0.39 is 0 Å². The Morgan fingerprint density at radius 3 is 1.81 bits per heavy atom. The molecule has 0 atom stereocenters. The Bertz CT molecular complexity index is 369. The largest absolute Gasteiger partial charge is 0.399 e. The van der Waals surface area contributed by atoms with Crippen molar-refractivity contribution in [2.45, 2.75) is 38.9 Å². The molecular formula is C12H18N2O2. The fourth-order valence-corrected chi connectivity index (χ4v) is 1.35. The van der Waals surface area contributed by atoms with Crippen LogP contribution in [0.5, 0.6) is 0 Å². The van der Waals surface area contributed by atoms with Crippen molar-refractivity contribution in [3.05, 3.63) is 24.3 Å². The predicted molar refractivity (Wildman–Crippen MR) is 63.7 cm³/mol. The minimum absolute atomic E-state index is 0.367. The Hall–Kier alpha value is -1.26. The molecule has 0 saturated carbocycles. The third kappa shape index (κ3) is 1.74. The summed E-state index contributed by atoms with van der Waals surface area (Å²) in [6, 6.07) is 7.38. The molecule has 0 unspecified atom stereocenters. The van der Waals surface area contributed by atoms with Gasteiger partial charge >= 0.3 is 0 Å². The summed E-state index contributed by atoms with van der Waals surface area (Å²) in [7, 11) is 0.